The topological polar surface area (TPSA) is 29.5 Å². The molecule has 1 fully saturated rings. The summed E-state index contributed by atoms with van der Waals surface area (Å²) in [6.07, 6.45) is -0.0410. The summed E-state index contributed by atoms with van der Waals surface area (Å²) in [5.74, 6) is 0.102. The number of rotatable bonds is 2. The van der Waals surface area contributed by atoms with Gasteiger partial charge < -0.3 is 9.64 Å². The third kappa shape index (κ3) is 2.95. The molecule has 0 spiro atoms. The Bertz CT molecular complexity index is 582. The van der Waals surface area contributed by atoms with Crippen LogP contribution in [0.5, 0.6) is 0 Å². The van der Waals surface area contributed by atoms with Crippen LogP contribution < -0.4 is 0 Å². The van der Waals surface area contributed by atoms with E-state index >= 15 is 0 Å². The van der Waals surface area contributed by atoms with Crippen LogP contribution in [0.3, 0.4) is 0 Å². The molecule has 1 aromatic carbocycles. The Morgan fingerprint density at radius 3 is 2.80 bits per heavy atom. The number of carbonyl (C=O) groups excluding carboxylic acids is 1. The summed E-state index contributed by atoms with van der Waals surface area (Å²) in [4.78, 5) is 15.0. The third-order valence-corrected chi connectivity index (χ3v) is 4.71. The normalized spacial score (nSPS) is 19.1. The number of thiophene rings is 1. The van der Waals surface area contributed by atoms with E-state index in [4.69, 9.17) is 4.74 Å². The Kier molecular flexibility index (Phi) is 4.19. The van der Waals surface area contributed by atoms with Crippen molar-refractivity contribution in [1.29, 1.82) is 0 Å². The number of morpholine rings is 1. The lowest BCUT2D eigenvalue weighted by molar-refractivity contribution is -0.0226. The maximum absolute atomic E-state index is 12.4. The second-order valence-electron chi connectivity index (χ2n) is 4.64. The minimum Gasteiger partial charge on any atom is -0.370 e. The first-order valence-electron chi connectivity index (χ1n) is 6.44. The van der Waals surface area contributed by atoms with Gasteiger partial charge in [-0.25, -0.2) is 0 Å². The summed E-state index contributed by atoms with van der Waals surface area (Å²) in [6, 6.07) is 11.8. The van der Waals surface area contributed by atoms with Crippen molar-refractivity contribution in [3.63, 3.8) is 0 Å². The standard InChI is InChI=1S/C15H14BrNO2S/c16-12-5-3-11(4-6-12)13-10-17(7-8-19-13)15(18)14-2-1-9-20-14/h1-6,9,13H,7-8,10H2. The number of hydrogen-bond acceptors (Lipinski definition) is 3. The summed E-state index contributed by atoms with van der Waals surface area (Å²) in [7, 11) is 0. The van der Waals surface area contributed by atoms with Crippen LogP contribution in [0.1, 0.15) is 21.3 Å². The van der Waals surface area contributed by atoms with Crippen LogP contribution in [0.25, 0.3) is 0 Å². The molecule has 1 aromatic heterocycles. The number of amides is 1. The molecule has 3 nitrogen and oxygen atoms in total. The average Bonchev–Trinajstić information content (AvgIpc) is 3.01. The Labute approximate surface area is 130 Å². The first kappa shape index (κ1) is 13.8. The molecular formula is C15H14BrNO2S. The molecule has 2 aromatic rings. The molecule has 0 aliphatic carbocycles. The van der Waals surface area contributed by atoms with Crippen molar-refractivity contribution in [3.8, 4) is 0 Å². The summed E-state index contributed by atoms with van der Waals surface area (Å²) < 4.78 is 6.84. The molecule has 5 heteroatoms. The zero-order valence-corrected chi connectivity index (χ0v) is 13.2. The molecule has 1 aliphatic heterocycles. The van der Waals surface area contributed by atoms with E-state index in [1.165, 1.54) is 11.3 Å². The number of ether oxygens (including phenoxy) is 1. The highest BCUT2D eigenvalue weighted by Crippen LogP contribution is 2.25. The largest absolute Gasteiger partial charge is 0.370 e. The van der Waals surface area contributed by atoms with Gasteiger partial charge in [0.05, 0.1) is 18.0 Å². The molecule has 2 heterocycles. The lowest BCUT2D eigenvalue weighted by atomic mass is 10.1. The van der Waals surface area contributed by atoms with E-state index in [1.54, 1.807) is 0 Å². The van der Waals surface area contributed by atoms with Crippen LogP contribution in [-0.2, 0) is 4.74 Å². The number of hydrogen-bond donors (Lipinski definition) is 0. The van der Waals surface area contributed by atoms with Gasteiger partial charge in [-0.15, -0.1) is 11.3 Å². The lowest BCUT2D eigenvalue weighted by Crippen LogP contribution is -2.42. The molecular weight excluding hydrogens is 338 g/mol. The fourth-order valence-electron chi connectivity index (χ4n) is 2.27. The molecule has 1 saturated heterocycles. The minimum absolute atomic E-state index is 0.0410. The molecule has 0 N–H and O–H groups in total. The molecule has 1 aliphatic rings. The molecule has 1 amide bonds. The Balaban J connectivity index is 1.73. The maximum Gasteiger partial charge on any atom is 0.264 e. The molecule has 3 rings (SSSR count). The van der Waals surface area contributed by atoms with Gasteiger partial charge in [-0.3, -0.25) is 4.79 Å². The highest BCUT2D eigenvalue weighted by molar-refractivity contribution is 9.10. The van der Waals surface area contributed by atoms with Gasteiger partial charge in [0.25, 0.3) is 5.91 Å². The van der Waals surface area contributed by atoms with E-state index in [0.717, 1.165) is 14.9 Å². The van der Waals surface area contributed by atoms with Crippen LogP contribution in [0.2, 0.25) is 0 Å². The number of carbonyl (C=O) groups is 1. The molecule has 0 bridgehead atoms. The summed E-state index contributed by atoms with van der Waals surface area (Å²) in [5.41, 5.74) is 1.11. The number of nitrogens with zero attached hydrogens (tertiary/aromatic N) is 1. The quantitative estimate of drug-likeness (QED) is 0.824. The van der Waals surface area contributed by atoms with E-state index in [9.17, 15) is 4.79 Å². The molecule has 1 atom stereocenters. The first-order chi connectivity index (χ1) is 9.74. The van der Waals surface area contributed by atoms with Gasteiger partial charge in [-0.1, -0.05) is 34.1 Å². The van der Waals surface area contributed by atoms with Crippen LogP contribution in [0.15, 0.2) is 46.3 Å². The van der Waals surface area contributed by atoms with Gasteiger partial charge in [0, 0.05) is 11.0 Å². The monoisotopic (exact) mass is 351 g/mol. The van der Waals surface area contributed by atoms with Gasteiger partial charge in [0.15, 0.2) is 0 Å². The van der Waals surface area contributed by atoms with Gasteiger partial charge in [0.1, 0.15) is 6.10 Å². The first-order valence-corrected chi connectivity index (χ1v) is 8.11. The summed E-state index contributed by atoms with van der Waals surface area (Å²) in [5, 5.41) is 1.93. The van der Waals surface area contributed by atoms with Crippen LogP contribution in [0, 0.1) is 0 Å². The molecule has 1 unspecified atom stereocenters. The predicted molar refractivity (Wildman–Crippen MR) is 83.1 cm³/mol. The van der Waals surface area contributed by atoms with Gasteiger partial charge in [-0.05, 0) is 29.1 Å². The fourth-order valence-corrected chi connectivity index (χ4v) is 3.22. The zero-order chi connectivity index (χ0) is 13.9. The predicted octanol–water partition coefficient (Wildman–Crippen LogP) is 3.72. The molecule has 0 saturated carbocycles. The highest BCUT2D eigenvalue weighted by atomic mass is 79.9. The Morgan fingerprint density at radius 2 is 2.10 bits per heavy atom. The smallest absolute Gasteiger partial charge is 0.264 e. The molecule has 104 valence electrons. The summed E-state index contributed by atoms with van der Waals surface area (Å²) >= 11 is 4.91. The van der Waals surface area contributed by atoms with Crippen molar-refractivity contribution >= 4 is 33.2 Å². The number of halogens is 1. The third-order valence-electron chi connectivity index (χ3n) is 3.33. The van der Waals surface area contributed by atoms with Crippen molar-refractivity contribution < 1.29 is 9.53 Å². The van der Waals surface area contributed by atoms with Crippen molar-refractivity contribution in [2.75, 3.05) is 19.7 Å². The van der Waals surface area contributed by atoms with Gasteiger partial charge in [-0.2, -0.15) is 0 Å². The Morgan fingerprint density at radius 1 is 1.30 bits per heavy atom. The second-order valence-corrected chi connectivity index (χ2v) is 6.50. The SMILES string of the molecule is O=C(c1cccs1)N1CCOC(c2ccc(Br)cc2)C1. The van der Waals surface area contributed by atoms with Crippen LogP contribution in [0.4, 0.5) is 0 Å². The van der Waals surface area contributed by atoms with E-state index in [2.05, 4.69) is 15.9 Å². The second kappa shape index (κ2) is 6.08. The lowest BCUT2D eigenvalue weighted by Gasteiger charge is -2.33. The maximum atomic E-state index is 12.4. The molecule has 20 heavy (non-hydrogen) atoms. The minimum atomic E-state index is -0.0410. The van der Waals surface area contributed by atoms with E-state index in [1.807, 2.05) is 46.7 Å². The van der Waals surface area contributed by atoms with E-state index in [0.29, 0.717) is 19.7 Å². The average molecular weight is 352 g/mol. The van der Waals surface area contributed by atoms with E-state index in [-0.39, 0.29) is 12.0 Å². The Hall–Kier alpha value is -1.17. The zero-order valence-electron chi connectivity index (χ0n) is 10.8. The molecule has 0 radical (unpaired) electrons. The highest BCUT2D eigenvalue weighted by Gasteiger charge is 2.26. The fraction of sp³-hybridized carbons (Fsp3) is 0.267. The van der Waals surface area contributed by atoms with Crippen molar-refractivity contribution in [3.05, 3.63) is 56.7 Å². The van der Waals surface area contributed by atoms with Gasteiger partial charge >= 0.3 is 0 Å². The van der Waals surface area contributed by atoms with Crippen molar-refractivity contribution in [1.82, 2.24) is 4.90 Å². The van der Waals surface area contributed by atoms with Crippen molar-refractivity contribution in [2.45, 2.75) is 6.10 Å². The number of benzene rings is 1. The summed E-state index contributed by atoms with van der Waals surface area (Å²) in [6.45, 7) is 1.85. The van der Waals surface area contributed by atoms with Crippen LogP contribution >= 0.6 is 27.3 Å². The van der Waals surface area contributed by atoms with E-state index < -0.39 is 0 Å². The van der Waals surface area contributed by atoms with Crippen molar-refractivity contribution in [2.24, 2.45) is 0 Å². The van der Waals surface area contributed by atoms with Crippen LogP contribution in [-0.4, -0.2) is 30.5 Å². The van der Waals surface area contributed by atoms with Gasteiger partial charge in [0.2, 0.25) is 0 Å².